The molecule has 1 fully saturated rings. The first kappa shape index (κ1) is 19.8. The van der Waals surface area contributed by atoms with Crippen molar-refractivity contribution in [1.82, 2.24) is 19.2 Å². The summed E-state index contributed by atoms with van der Waals surface area (Å²) in [4.78, 5) is 27.1. The highest BCUT2D eigenvalue weighted by Gasteiger charge is 2.28. The number of likely N-dealkylation sites (tertiary alicyclic amines) is 1. The van der Waals surface area contributed by atoms with Gasteiger partial charge in [0.15, 0.2) is 0 Å². The van der Waals surface area contributed by atoms with Crippen LogP contribution < -0.4 is 15.7 Å². The number of carbonyl (C=O) groups is 1. The van der Waals surface area contributed by atoms with Crippen LogP contribution >= 0.6 is 0 Å². The predicted octanol–water partition coefficient (Wildman–Crippen LogP) is 2.99. The molecule has 1 saturated heterocycles. The lowest BCUT2D eigenvalue weighted by Crippen LogP contribution is -2.41. The van der Waals surface area contributed by atoms with Crippen molar-refractivity contribution < 1.29 is 9.53 Å². The van der Waals surface area contributed by atoms with E-state index in [1.807, 2.05) is 48.5 Å². The molecule has 4 rings (SSSR count). The number of urea groups is 1. The molecule has 2 aromatic carbocycles. The van der Waals surface area contributed by atoms with E-state index in [-0.39, 0.29) is 17.6 Å². The first-order valence-electron chi connectivity index (χ1n) is 9.98. The normalized spacial score (nSPS) is 14.5. The number of nitrogens with zero attached hydrogens (tertiary/aromatic N) is 4. The minimum absolute atomic E-state index is 0.111. The summed E-state index contributed by atoms with van der Waals surface area (Å²) in [6.07, 6.45) is 1.49. The zero-order valence-corrected chi connectivity index (χ0v) is 17.1. The highest BCUT2D eigenvalue weighted by atomic mass is 16.5. The lowest BCUT2D eigenvalue weighted by Gasteiger charge is -2.31. The van der Waals surface area contributed by atoms with E-state index in [2.05, 4.69) is 10.4 Å². The smallest absolute Gasteiger partial charge is 0.350 e. The van der Waals surface area contributed by atoms with E-state index < -0.39 is 0 Å². The van der Waals surface area contributed by atoms with Crippen LogP contribution in [-0.2, 0) is 7.05 Å². The number of rotatable bonds is 4. The highest BCUT2D eigenvalue weighted by Crippen LogP contribution is 2.28. The van der Waals surface area contributed by atoms with Crippen LogP contribution in [0.25, 0.3) is 5.69 Å². The summed E-state index contributed by atoms with van der Waals surface area (Å²) in [6.45, 7) is 1.19. The molecule has 0 spiro atoms. The first-order valence-corrected chi connectivity index (χ1v) is 9.98. The summed E-state index contributed by atoms with van der Waals surface area (Å²) in [6, 6.07) is 16.7. The number of carbonyl (C=O) groups excluding carboxylic acids is 1. The minimum atomic E-state index is -0.158. The maximum Gasteiger partial charge on any atom is 0.350 e. The number of aromatic nitrogens is 3. The summed E-state index contributed by atoms with van der Waals surface area (Å²) < 4.78 is 8.26. The molecular weight excluding hydrogens is 382 g/mol. The van der Waals surface area contributed by atoms with E-state index in [1.165, 1.54) is 4.68 Å². The van der Waals surface area contributed by atoms with Crippen molar-refractivity contribution in [2.24, 2.45) is 7.05 Å². The van der Waals surface area contributed by atoms with Crippen LogP contribution in [0, 0.1) is 0 Å². The molecule has 8 nitrogen and oxygen atoms in total. The van der Waals surface area contributed by atoms with Crippen LogP contribution in [0.2, 0.25) is 0 Å². The molecule has 1 aromatic heterocycles. The largest absolute Gasteiger partial charge is 0.497 e. The Kier molecular flexibility index (Phi) is 5.56. The number of para-hydroxylation sites is 1. The highest BCUT2D eigenvalue weighted by molar-refractivity contribution is 5.89. The number of hydrogen-bond acceptors (Lipinski definition) is 4. The fourth-order valence-corrected chi connectivity index (χ4v) is 3.81. The van der Waals surface area contributed by atoms with Crippen LogP contribution in [0.3, 0.4) is 0 Å². The molecule has 0 saturated carbocycles. The molecule has 0 radical (unpaired) electrons. The van der Waals surface area contributed by atoms with Crippen LogP contribution in [0.15, 0.2) is 59.4 Å². The third-order valence-electron chi connectivity index (χ3n) is 5.43. The van der Waals surface area contributed by atoms with Gasteiger partial charge in [-0.15, -0.1) is 0 Å². The van der Waals surface area contributed by atoms with Gasteiger partial charge in [0.2, 0.25) is 0 Å². The fourth-order valence-electron chi connectivity index (χ4n) is 3.81. The summed E-state index contributed by atoms with van der Waals surface area (Å²) >= 11 is 0. The van der Waals surface area contributed by atoms with Crippen molar-refractivity contribution >= 4 is 11.7 Å². The van der Waals surface area contributed by atoms with Gasteiger partial charge in [0.05, 0.1) is 12.8 Å². The van der Waals surface area contributed by atoms with Crippen LogP contribution in [0.5, 0.6) is 5.75 Å². The third kappa shape index (κ3) is 3.94. The van der Waals surface area contributed by atoms with Gasteiger partial charge in [-0.3, -0.25) is 0 Å². The van der Waals surface area contributed by atoms with Crippen molar-refractivity contribution in [3.63, 3.8) is 0 Å². The average molecular weight is 407 g/mol. The van der Waals surface area contributed by atoms with Gasteiger partial charge in [0.1, 0.15) is 11.6 Å². The van der Waals surface area contributed by atoms with Gasteiger partial charge in [-0.1, -0.05) is 24.3 Å². The van der Waals surface area contributed by atoms with Gasteiger partial charge in [-0.2, -0.15) is 5.10 Å². The second-order valence-corrected chi connectivity index (χ2v) is 7.36. The van der Waals surface area contributed by atoms with E-state index in [1.54, 1.807) is 29.7 Å². The van der Waals surface area contributed by atoms with Crippen molar-refractivity contribution in [3.05, 3.63) is 70.9 Å². The SMILES string of the molecule is COc1cccc(NC(=O)N2CCC(c3nn(C)c(=O)n3-c3ccccc3)CC2)c1. The number of benzene rings is 2. The summed E-state index contributed by atoms with van der Waals surface area (Å²) in [7, 11) is 3.26. The molecular formula is C22H25N5O3. The van der Waals surface area contributed by atoms with E-state index in [0.717, 1.165) is 24.4 Å². The molecule has 0 atom stereocenters. The molecule has 1 aliphatic rings. The van der Waals surface area contributed by atoms with E-state index in [4.69, 9.17) is 4.74 Å². The first-order chi connectivity index (χ1) is 14.6. The minimum Gasteiger partial charge on any atom is -0.497 e. The number of aryl methyl sites for hydroxylation is 1. The molecule has 1 N–H and O–H groups in total. The van der Waals surface area contributed by atoms with Crippen LogP contribution in [-0.4, -0.2) is 45.5 Å². The maximum atomic E-state index is 12.7. The Labute approximate surface area is 174 Å². The number of ether oxygens (including phenoxy) is 1. The molecule has 8 heteroatoms. The molecule has 0 bridgehead atoms. The molecule has 3 aromatic rings. The molecule has 1 aliphatic heterocycles. The number of hydrogen-bond donors (Lipinski definition) is 1. The number of piperidine rings is 1. The number of methoxy groups -OCH3 is 1. The van der Waals surface area contributed by atoms with E-state index in [0.29, 0.717) is 24.5 Å². The molecule has 0 unspecified atom stereocenters. The summed E-state index contributed by atoms with van der Waals surface area (Å²) in [5.74, 6) is 1.56. The average Bonchev–Trinajstić information content (AvgIpc) is 3.09. The summed E-state index contributed by atoms with van der Waals surface area (Å²) in [5, 5.41) is 7.42. The number of nitrogens with one attached hydrogen (secondary N) is 1. The maximum absolute atomic E-state index is 12.7. The summed E-state index contributed by atoms with van der Waals surface area (Å²) in [5.41, 5.74) is 1.35. The Bertz CT molecular complexity index is 1080. The van der Waals surface area contributed by atoms with Gasteiger partial charge < -0.3 is 15.0 Å². The molecule has 30 heavy (non-hydrogen) atoms. The zero-order chi connectivity index (χ0) is 21.1. The Hall–Kier alpha value is -3.55. The Morgan fingerprint density at radius 3 is 2.53 bits per heavy atom. The lowest BCUT2D eigenvalue weighted by molar-refractivity contribution is 0.193. The molecule has 2 heterocycles. The predicted molar refractivity (Wildman–Crippen MR) is 114 cm³/mol. The molecule has 2 amide bonds. The van der Waals surface area contributed by atoms with Crippen molar-refractivity contribution in [2.75, 3.05) is 25.5 Å². The number of amides is 2. The Morgan fingerprint density at radius 1 is 1.10 bits per heavy atom. The lowest BCUT2D eigenvalue weighted by atomic mass is 9.96. The number of anilines is 1. The van der Waals surface area contributed by atoms with Crippen molar-refractivity contribution in [1.29, 1.82) is 0 Å². The quantitative estimate of drug-likeness (QED) is 0.721. The van der Waals surface area contributed by atoms with E-state index >= 15 is 0 Å². The van der Waals surface area contributed by atoms with Crippen LogP contribution in [0.4, 0.5) is 10.5 Å². The van der Waals surface area contributed by atoms with Gasteiger partial charge in [-0.25, -0.2) is 18.8 Å². The van der Waals surface area contributed by atoms with Gasteiger partial charge in [0.25, 0.3) is 0 Å². The second kappa shape index (κ2) is 8.44. The van der Waals surface area contributed by atoms with E-state index in [9.17, 15) is 9.59 Å². The Morgan fingerprint density at radius 2 is 1.83 bits per heavy atom. The zero-order valence-electron chi connectivity index (χ0n) is 17.1. The van der Waals surface area contributed by atoms with Crippen molar-refractivity contribution in [2.45, 2.75) is 18.8 Å². The Balaban J connectivity index is 1.46. The van der Waals surface area contributed by atoms with Gasteiger partial charge >= 0.3 is 11.7 Å². The second-order valence-electron chi connectivity index (χ2n) is 7.36. The van der Waals surface area contributed by atoms with Crippen LogP contribution in [0.1, 0.15) is 24.6 Å². The third-order valence-corrected chi connectivity index (χ3v) is 5.43. The standard InChI is InChI=1S/C22H25N5O3/c1-25-22(29)27(18-8-4-3-5-9-18)20(24-25)16-11-13-26(14-12-16)21(28)23-17-7-6-10-19(15-17)30-2/h3-10,15-16H,11-14H2,1-2H3,(H,23,28). The monoisotopic (exact) mass is 407 g/mol. The molecule has 0 aliphatic carbocycles. The van der Waals surface area contributed by atoms with Gasteiger partial charge in [-0.05, 0) is 37.1 Å². The molecule has 156 valence electrons. The van der Waals surface area contributed by atoms with Crippen molar-refractivity contribution in [3.8, 4) is 11.4 Å². The topological polar surface area (TPSA) is 81.4 Å². The fraction of sp³-hybridized carbons (Fsp3) is 0.318. The van der Waals surface area contributed by atoms with Gasteiger partial charge in [0, 0.05) is 37.8 Å².